The molecule has 0 aromatic carbocycles. The molecule has 0 radical (unpaired) electrons. The third-order valence-corrected chi connectivity index (χ3v) is 3.40. The second kappa shape index (κ2) is 3.55. The van der Waals surface area contributed by atoms with Crippen LogP contribution >= 0.6 is 11.8 Å². The molecule has 1 aromatic rings. The van der Waals surface area contributed by atoms with E-state index >= 15 is 0 Å². The fourth-order valence-corrected chi connectivity index (χ4v) is 2.59. The van der Waals surface area contributed by atoms with Gasteiger partial charge in [0.2, 0.25) is 11.1 Å². The van der Waals surface area contributed by atoms with E-state index in [-0.39, 0.29) is 11.4 Å². The second-order valence-electron chi connectivity index (χ2n) is 3.16. The molecule has 1 aliphatic rings. The van der Waals surface area contributed by atoms with E-state index in [2.05, 4.69) is 15.2 Å². The first-order valence-corrected chi connectivity index (χ1v) is 5.16. The van der Waals surface area contributed by atoms with E-state index in [1.54, 1.807) is 0 Å². The van der Waals surface area contributed by atoms with E-state index in [0.29, 0.717) is 11.1 Å². The minimum absolute atomic E-state index is 0.218. The normalized spacial score (nSPS) is 28.1. The average Bonchev–Trinajstić information content (AvgIpc) is 2.64. The van der Waals surface area contributed by atoms with Crippen molar-refractivity contribution < 1.29 is 5.11 Å². The van der Waals surface area contributed by atoms with Crippen LogP contribution in [0.3, 0.4) is 0 Å². The van der Waals surface area contributed by atoms with Crippen molar-refractivity contribution >= 4 is 17.7 Å². The fraction of sp³-hybridized carbons (Fsp3) is 0.714. The zero-order chi connectivity index (χ0) is 9.26. The van der Waals surface area contributed by atoms with Gasteiger partial charge in [-0.1, -0.05) is 11.8 Å². The number of aromatic amines is 1. The van der Waals surface area contributed by atoms with Crippen LogP contribution in [-0.4, -0.2) is 31.6 Å². The second-order valence-corrected chi connectivity index (χ2v) is 4.36. The molecular formula is C7H12N4OS. The zero-order valence-electron chi connectivity index (χ0n) is 7.10. The summed E-state index contributed by atoms with van der Waals surface area (Å²) in [6.07, 6.45) is 2.78. The van der Waals surface area contributed by atoms with Crippen LogP contribution in [0, 0.1) is 0 Å². The number of nitrogens with two attached hydrogens (primary N) is 1. The summed E-state index contributed by atoms with van der Waals surface area (Å²) in [6, 6.07) is 0. The van der Waals surface area contributed by atoms with Crippen molar-refractivity contribution in [3.05, 3.63) is 0 Å². The Hall–Kier alpha value is -0.750. The third kappa shape index (κ3) is 1.94. The van der Waals surface area contributed by atoms with Crippen molar-refractivity contribution in [2.24, 2.45) is 0 Å². The zero-order valence-corrected chi connectivity index (χ0v) is 7.92. The molecule has 1 aromatic heterocycles. The Kier molecular flexibility index (Phi) is 2.41. The molecule has 0 spiro atoms. The molecule has 13 heavy (non-hydrogen) atoms. The molecule has 5 nitrogen and oxygen atoms in total. The van der Waals surface area contributed by atoms with Crippen molar-refractivity contribution in [1.29, 1.82) is 0 Å². The van der Waals surface area contributed by atoms with Crippen molar-refractivity contribution in [3.8, 4) is 0 Å². The third-order valence-electron chi connectivity index (χ3n) is 2.16. The number of anilines is 1. The summed E-state index contributed by atoms with van der Waals surface area (Å²) >= 11 is 1.50. The molecule has 1 saturated carbocycles. The number of thioether (sulfide) groups is 1. The van der Waals surface area contributed by atoms with E-state index in [4.69, 9.17) is 5.73 Å². The molecular weight excluding hydrogens is 188 g/mol. The van der Waals surface area contributed by atoms with Gasteiger partial charge in [-0.2, -0.15) is 4.98 Å². The highest BCUT2D eigenvalue weighted by molar-refractivity contribution is 7.99. The van der Waals surface area contributed by atoms with Crippen LogP contribution in [0.4, 0.5) is 5.95 Å². The van der Waals surface area contributed by atoms with E-state index < -0.39 is 0 Å². The fourth-order valence-electron chi connectivity index (χ4n) is 1.49. The van der Waals surface area contributed by atoms with Gasteiger partial charge in [-0.05, 0) is 19.3 Å². The highest BCUT2D eigenvalue weighted by Crippen LogP contribution is 2.33. The van der Waals surface area contributed by atoms with E-state index in [1.165, 1.54) is 11.8 Å². The summed E-state index contributed by atoms with van der Waals surface area (Å²) in [5, 5.41) is 16.9. The van der Waals surface area contributed by atoms with Gasteiger partial charge in [-0.25, -0.2) is 5.10 Å². The maximum Gasteiger partial charge on any atom is 0.216 e. The molecule has 1 heterocycles. The van der Waals surface area contributed by atoms with Gasteiger partial charge >= 0.3 is 0 Å². The number of rotatable bonds is 2. The molecule has 0 bridgehead atoms. The minimum atomic E-state index is -0.218. The van der Waals surface area contributed by atoms with Crippen LogP contribution in [0.5, 0.6) is 0 Å². The van der Waals surface area contributed by atoms with Crippen molar-refractivity contribution in [3.63, 3.8) is 0 Å². The predicted octanol–water partition coefficient (Wildman–Crippen LogP) is 0.392. The quantitative estimate of drug-likeness (QED) is 0.643. The molecule has 2 atom stereocenters. The number of hydrogen-bond donors (Lipinski definition) is 3. The number of hydrogen-bond acceptors (Lipinski definition) is 5. The number of nitrogens with one attached hydrogen (secondary N) is 1. The molecule has 1 aliphatic carbocycles. The molecule has 0 aliphatic heterocycles. The van der Waals surface area contributed by atoms with E-state index in [9.17, 15) is 5.11 Å². The maximum absolute atomic E-state index is 9.54. The lowest BCUT2D eigenvalue weighted by Crippen LogP contribution is -2.15. The van der Waals surface area contributed by atoms with Crippen molar-refractivity contribution in [1.82, 2.24) is 15.2 Å². The number of aliphatic hydroxyl groups excluding tert-OH is 1. The summed E-state index contributed by atoms with van der Waals surface area (Å²) in [5.41, 5.74) is 5.38. The summed E-state index contributed by atoms with van der Waals surface area (Å²) in [4.78, 5) is 3.97. The van der Waals surface area contributed by atoms with Crippen LogP contribution in [-0.2, 0) is 0 Å². The molecule has 72 valence electrons. The van der Waals surface area contributed by atoms with Crippen LogP contribution in [0.15, 0.2) is 5.16 Å². The van der Waals surface area contributed by atoms with Crippen molar-refractivity contribution in [2.45, 2.75) is 35.8 Å². The summed E-state index contributed by atoms with van der Waals surface area (Å²) in [7, 11) is 0. The van der Waals surface area contributed by atoms with Gasteiger partial charge in [0.05, 0.1) is 6.10 Å². The highest BCUT2D eigenvalue weighted by atomic mass is 32.2. The topological polar surface area (TPSA) is 87.8 Å². The van der Waals surface area contributed by atoms with Gasteiger partial charge in [0, 0.05) is 5.25 Å². The SMILES string of the molecule is Nc1nc(S[C@@H]2CCC[C@H]2O)n[nH]1. The average molecular weight is 200 g/mol. The molecule has 0 unspecified atom stereocenters. The van der Waals surface area contributed by atoms with Gasteiger partial charge in [0.25, 0.3) is 0 Å². The summed E-state index contributed by atoms with van der Waals surface area (Å²) in [6.45, 7) is 0. The molecule has 0 saturated heterocycles. The van der Waals surface area contributed by atoms with Gasteiger partial charge in [0.15, 0.2) is 0 Å². The van der Waals surface area contributed by atoms with E-state index in [1.807, 2.05) is 0 Å². The molecule has 6 heteroatoms. The number of nitrogen functional groups attached to an aromatic ring is 1. The first-order valence-electron chi connectivity index (χ1n) is 4.28. The highest BCUT2D eigenvalue weighted by Gasteiger charge is 2.27. The van der Waals surface area contributed by atoms with Gasteiger partial charge in [-0.15, -0.1) is 5.10 Å². The Labute approximate surface area is 80.1 Å². The Bertz CT molecular complexity index is 290. The molecule has 0 amide bonds. The Morgan fingerprint density at radius 3 is 2.92 bits per heavy atom. The monoisotopic (exact) mass is 200 g/mol. The lowest BCUT2D eigenvalue weighted by Gasteiger charge is -2.10. The number of aliphatic hydroxyl groups is 1. The van der Waals surface area contributed by atoms with Crippen LogP contribution in [0.2, 0.25) is 0 Å². The Morgan fingerprint density at radius 2 is 2.38 bits per heavy atom. The first-order chi connectivity index (χ1) is 6.25. The predicted molar refractivity (Wildman–Crippen MR) is 50.3 cm³/mol. The lowest BCUT2D eigenvalue weighted by atomic mass is 10.3. The number of aromatic nitrogens is 3. The maximum atomic E-state index is 9.54. The van der Waals surface area contributed by atoms with Crippen LogP contribution in [0.1, 0.15) is 19.3 Å². The van der Waals surface area contributed by atoms with Crippen molar-refractivity contribution in [2.75, 3.05) is 5.73 Å². The minimum Gasteiger partial charge on any atom is -0.392 e. The van der Waals surface area contributed by atoms with Gasteiger partial charge < -0.3 is 10.8 Å². The van der Waals surface area contributed by atoms with E-state index in [0.717, 1.165) is 19.3 Å². The largest absolute Gasteiger partial charge is 0.392 e. The summed E-state index contributed by atoms with van der Waals surface area (Å²) in [5.74, 6) is 0.329. The first kappa shape index (κ1) is 8.83. The van der Waals surface area contributed by atoms with Crippen LogP contribution in [0.25, 0.3) is 0 Å². The number of nitrogens with zero attached hydrogens (tertiary/aromatic N) is 2. The van der Waals surface area contributed by atoms with Crippen LogP contribution < -0.4 is 5.73 Å². The van der Waals surface area contributed by atoms with Gasteiger partial charge in [0.1, 0.15) is 0 Å². The Morgan fingerprint density at radius 1 is 1.54 bits per heavy atom. The van der Waals surface area contributed by atoms with Gasteiger partial charge in [-0.3, -0.25) is 0 Å². The molecule has 1 fully saturated rings. The lowest BCUT2D eigenvalue weighted by molar-refractivity contribution is 0.188. The smallest absolute Gasteiger partial charge is 0.216 e. The standard InChI is InChI=1S/C7H12N4OS/c8-6-9-7(11-10-6)13-5-3-1-2-4(5)12/h4-5,12H,1-3H2,(H3,8,9,10,11)/t4-,5-/m1/s1. The molecule has 2 rings (SSSR count). The molecule has 4 N–H and O–H groups in total. The summed E-state index contributed by atoms with van der Waals surface area (Å²) < 4.78 is 0. The number of H-pyrrole nitrogens is 1. The Balaban J connectivity index is 1.97.